The molecule has 1 aliphatic rings. The summed E-state index contributed by atoms with van der Waals surface area (Å²) in [5.74, 6) is -0.00707. The first kappa shape index (κ1) is 13.2. The normalized spacial score (nSPS) is 21.1. The molecule has 1 aliphatic heterocycles. The zero-order valence-electron chi connectivity index (χ0n) is 11.1. The second kappa shape index (κ2) is 4.63. The van der Waals surface area contributed by atoms with Gasteiger partial charge in [-0.2, -0.15) is 0 Å². The number of aryl methyl sites for hydroxylation is 1. The number of nitrogens with one attached hydrogen (secondary N) is 2. The first-order valence-electron chi connectivity index (χ1n) is 6.55. The molecule has 0 bridgehead atoms. The Morgan fingerprint density at radius 3 is 2.80 bits per heavy atom. The van der Waals surface area contributed by atoms with Gasteiger partial charge in [0.15, 0.2) is 9.84 Å². The van der Waals surface area contributed by atoms with E-state index in [9.17, 15) is 13.2 Å². The fraction of sp³-hybridized carbons (Fsp3) is 0.357. The molecule has 1 aromatic carbocycles. The lowest BCUT2D eigenvalue weighted by atomic mass is 10.1. The summed E-state index contributed by atoms with van der Waals surface area (Å²) >= 11 is 0. The van der Waals surface area contributed by atoms with Crippen LogP contribution in [-0.2, 0) is 9.84 Å². The quantitative estimate of drug-likeness (QED) is 0.878. The van der Waals surface area contributed by atoms with Crippen LogP contribution in [0.5, 0.6) is 0 Å². The molecule has 0 spiro atoms. The van der Waals surface area contributed by atoms with E-state index < -0.39 is 9.84 Å². The Kier molecular flexibility index (Phi) is 3.05. The van der Waals surface area contributed by atoms with Crippen LogP contribution in [0.1, 0.15) is 22.5 Å². The number of para-hydroxylation sites is 1. The van der Waals surface area contributed by atoms with E-state index in [-0.39, 0.29) is 23.5 Å². The zero-order valence-corrected chi connectivity index (χ0v) is 12.0. The highest BCUT2D eigenvalue weighted by molar-refractivity contribution is 7.91. The molecule has 2 heterocycles. The van der Waals surface area contributed by atoms with Gasteiger partial charge < -0.3 is 10.3 Å². The summed E-state index contributed by atoms with van der Waals surface area (Å²) in [5, 5.41) is 3.70. The third kappa shape index (κ3) is 2.31. The highest BCUT2D eigenvalue weighted by atomic mass is 32.2. The highest BCUT2D eigenvalue weighted by Crippen LogP contribution is 2.22. The topological polar surface area (TPSA) is 79.0 Å². The van der Waals surface area contributed by atoms with Crippen molar-refractivity contribution in [2.24, 2.45) is 0 Å². The van der Waals surface area contributed by atoms with Crippen molar-refractivity contribution < 1.29 is 13.2 Å². The number of fused-ring (bicyclic) bond motifs is 1. The molecular weight excluding hydrogens is 276 g/mol. The van der Waals surface area contributed by atoms with Crippen LogP contribution in [0.15, 0.2) is 24.3 Å². The molecule has 1 saturated heterocycles. The minimum atomic E-state index is -2.99. The van der Waals surface area contributed by atoms with E-state index in [0.29, 0.717) is 12.0 Å². The maximum Gasteiger partial charge on any atom is 0.253 e. The summed E-state index contributed by atoms with van der Waals surface area (Å²) < 4.78 is 22.9. The van der Waals surface area contributed by atoms with E-state index >= 15 is 0 Å². The van der Waals surface area contributed by atoms with Crippen LogP contribution in [0.2, 0.25) is 0 Å². The van der Waals surface area contributed by atoms with E-state index in [0.717, 1.165) is 16.6 Å². The number of amides is 1. The fourth-order valence-corrected chi connectivity index (χ4v) is 4.41. The number of hydrogen-bond donors (Lipinski definition) is 2. The highest BCUT2D eigenvalue weighted by Gasteiger charge is 2.30. The Labute approximate surface area is 117 Å². The average molecular weight is 292 g/mol. The second-order valence-corrected chi connectivity index (χ2v) is 7.47. The van der Waals surface area contributed by atoms with Crippen molar-refractivity contribution in [3.8, 4) is 0 Å². The largest absolute Gasteiger partial charge is 0.358 e. The van der Waals surface area contributed by atoms with Crippen molar-refractivity contribution >= 4 is 26.6 Å². The molecule has 0 saturated carbocycles. The number of aromatic amines is 1. The van der Waals surface area contributed by atoms with Crippen LogP contribution in [0, 0.1) is 6.92 Å². The molecule has 0 unspecified atom stereocenters. The molecule has 5 nitrogen and oxygen atoms in total. The van der Waals surface area contributed by atoms with E-state index in [1.807, 2.05) is 31.2 Å². The third-order valence-corrected chi connectivity index (χ3v) is 5.46. The van der Waals surface area contributed by atoms with Crippen LogP contribution in [0.3, 0.4) is 0 Å². The Hall–Kier alpha value is -1.82. The van der Waals surface area contributed by atoms with Gasteiger partial charge in [-0.15, -0.1) is 0 Å². The number of rotatable bonds is 2. The van der Waals surface area contributed by atoms with Crippen LogP contribution in [0.25, 0.3) is 10.9 Å². The minimum Gasteiger partial charge on any atom is -0.358 e. The molecule has 1 atom stereocenters. The summed E-state index contributed by atoms with van der Waals surface area (Å²) in [6.07, 6.45) is 0.496. The number of aromatic nitrogens is 1. The Bertz CT molecular complexity index is 777. The summed E-state index contributed by atoms with van der Waals surface area (Å²) in [5.41, 5.74) is 2.31. The number of hydrogen-bond acceptors (Lipinski definition) is 3. The van der Waals surface area contributed by atoms with Crippen LogP contribution in [0.4, 0.5) is 0 Å². The molecule has 6 heteroatoms. The standard InChI is InChI=1S/C14H16N2O3S/c1-9-13(11-4-2-3-5-12(11)15-9)14(17)16-10-6-7-20(18,19)8-10/h2-5,10,15H,6-8H2,1H3,(H,16,17)/t10-/m1/s1. The summed E-state index contributed by atoms with van der Waals surface area (Å²) in [4.78, 5) is 15.6. The zero-order chi connectivity index (χ0) is 14.3. The molecular formula is C14H16N2O3S. The molecule has 2 aromatic rings. The molecule has 1 aromatic heterocycles. The van der Waals surface area contributed by atoms with Crippen molar-refractivity contribution in [2.75, 3.05) is 11.5 Å². The van der Waals surface area contributed by atoms with E-state index in [2.05, 4.69) is 10.3 Å². The molecule has 3 rings (SSSR count). The first-order chi connectivity index (χ1) is 9.46. The number of sulfone groups is 1. The predicted octanol–water partition coefficient (Wildman–Crippen LogP) is 1.39. The Morgan fingerprint density at radius 1 is 1.35 bits per heavy atom. The maximum atomic E-state index is 12.4. The average Bonchev–Trinajstić information content (AvgIpc) is 2.88. The molecule has 20 heavy (non-hydrogen) atoms. The maximum absolute atomic E-state index is 12.4. The van der Waals surface area contributed by atoms with Gasteiger partial charge in [-0.25, -0.2) is 8.42 Å². The summed E-state index contributed by atoms with van der Waals surface area (Å²) in [6, 6.07) is 7.31. The van der Waals surface area contributed by atoms with Gasteiger partial charge in [0.25, 0.3) is 5.91 Å². The number of carbonyl (C=O) groups excluding carboxylic acids is 1. The molecule has 106 valence electrons. The van der Waals surface area contributed by atoms with Gasteiger partial charge in [0.05, 0.1) is 17.1 Å². The molecule has 1 fully saturated rings. The van der Waals surface area contributed by atoms with Crippen molar-refractivity contribution in [3.63, 3.8) is 0 Å². The fourth-order valence-electron chi connectivity index (χ4n) is 2.74. The molecule has 0 radical (unpaired) electrons. The lowest BCUT2D eigenvalue weighted by molar-refractivity contribution is 0.0942. The number of carbonyl (C=O) groups is 1. The van der Waals surface area contributed by atoms with Crippen molar-refractivity contribution in [1.82, 2.24) is 10.3 Å². The summed E-state index contributed by atoms with van der Waals surface area (Å²) in [6.45, 7) is 1.85. The van der Waals surface area contributed by atoms with E-state index in [1.54, 1.807) is 0 Å². The van der Waals surface area contributed by atoms with Crippen LogP contribution in [-0.4, -0.2) is 36.9 Å². The third-order valence-electron chi connectivity index (χ3n) is 3.69. The van der Waals surface area contributed by atoms with Gasteiger partial charge in [-0.1, -0.05) is 18.2 Å². The Morgan fingerprint density at radius 2 is 2.10 bits per heavy atom. The lowest BCUT2D eigenvalue weighted by Crippen LogP contribution is -2.35. The minimum absolute atomic E-state index is 0.0418. The van der Waals surface area contributed by atoms with Crippen LogP contribution < -0.4 is 5.32 Å². The van der Waals surface area contributed by atoms with Crippen molar-refractivity contribution in [3.05, 3.63) is 35.5 Å². The van der Waals surface area contributed by atoms with Gasteiger partial charge >= 0.3 is 0 Å². The van der Waals surface area contributed by atoms with Gasteiger partial charge in [0, 0.05) is 22.6 Å². The van der Waals surface area contributed by atoms with E-state index in [4.69, 9.17) is 0 Å². The van der Waals surface area contributed by atoms with E-state index in [1.165, 1.54) is 0 Å². The van der Waals surface area contributed by atoms with Gasteiger partial charge in [0.2, 0.25) is 0 Å². The number of H-pyrrole nitrogens is 1. The SMILES string of the molecule is Cc1[nH]c2ccccc2c1C(=O)N[C@@H]1CCS(=O)(=O)C1. The smallest absolute Gasteiger partial charge is 0.253 e. The molecule has 1 amide bonds. The first-order valence-corrected chi connectivity index (χ1v) is 8.37. The van der Waals surface area contributed by atoms with Gasteiger partial charge in [-0.3, -0.25) is 4.79 Å². The van der Waals surface area contributed by atoms with Gasteiger partial charge in [-0.05, 0) is 19.4 Å². The number of benzene rings is 1. The van der Waals surface area contributed by atoms with Gasteiger partial charge in [0.1, 0.15) is 0 Å². The predicted molar refractivity (Wildman–Crippen MR) is 77.6 cm³/mol. The van der Waals surface area contributed by atoms with Crippen LogP contribution >= 0.6 is 0 Å². The Balaban J connectivity index is 1.88. The summed E-state index contributed by atoms with van der Waals surface area (Å²) in [7, 11) is -2.99. The molecule has 2 N–H and O–H groups in total. The monoisotopic (exact) mass is 292 g/mol. The lowest BCUT2D eigenvalue weighted by Gasteiger charge is -2.10. The second-order valence-electron chi connectivity index (χ2n) is 5.24. The van der Waals surface area contributed by atoms with Crippen molar-refractivity contribution in [2.45, 2.75) is 19.4 Å². The van der Waals surface area contributed by atoms with Crippen molar-refractivity contribution in [1.29, 1.82) is 0 Å². The molecule has 0 aliphatic carbocycles.